The van der Waals surface area contributed by atoms with E-state index in [9.17, 15) is 0 Å². The largest absolute Gasteiger partial charge is 0.0654 e. The molecule has 0 nitrogen and oxygen atoms in total. The molecule has 4 unspecified atom stereocenters. The molecule has 0 rings (SSSR count). The summed E-state index contributed by atoms with van der Waals surface area (Å²) in [6, 6.07) is 0. The maximum absolute atomic E-state index is 2.44. The Balaban J connectivity index is 3.68. The van der Waals surface area contributed by atoms with Crippen molar-refractivity contribution in [3.63, 3.8) is 0 Å². The topological polar surface area (TPSA) is 0 Å². The Morgan fingerprint density at radius 3 is 1.75 bits per heavy atom. The highest BCUT2D eigenvalue weighted by molar-refractivity contribution is 4.66. The fourth-order valence-electron chi connectivity index (χ4n) is 2.59. The smallest absolute Gasteiger partial charge is 0.0415 e. The first-order valence-corrected chi connectivity index (χ1v) is 7.51. The van der Waals surface area contributed by atoms with Gasteiger partial charge >= 0.3 is 0 Å². The molecule has 0 aromatic heterocycles. The van der Waals surface area contributed by atoms with Crippen LogP contribution in [-0.2, 0) is 0 Å². The van der Waals surface area contributed by atoms with E-state index in [0.29, 0.717) is 0 Å². The molecular weight excluding hydrogens is 192 g/mol. The summed E-state index contributed by atoms with van der Waals surface area (Å²) in [5.41, 5.74) is 0. The van der Waals surface area contributed by atoms with E-state index in [1.807, 2.05) is 0 Å². The van der Waals surface area contributed by atoms with Crippen molar-refractivity contribution in [1.29, 1.82) is 0 Å². The highest BCUT2D eigenvalue weighted by atomic mass is 14.2. The molecule has 0 aromatic rings. The molecule has 0 N–H and O–H groups in total. The van der Waals surface area contributed by atoms with E-state index < -0.39 is 0 Å². The highest BCUT2D eigenvalue weighted by Gasteiger charge is 2.14. The molecule has 0 radical (unpaired) electrons. The third-order valence-electron chi connectivity index (χ3n) is 4.32. The molecular formula is C16H34. The molecule has 0 amide bonds. The Hall–Kier alpha value is 0. The Morgan fingerprint density at radius 1 is 0.688 bits per heavy atom. The van der Waals surface area contributed by atoms with E-state index in [0.717, 1.165) is 23.7 Å². The van der Waals surface area contributed by atoms with Crippen LogP contribution in [0.15, 0.2) is 0 Å². The van der Waals surface area contributed by atoms with Crippen LogP contribution >= 0.6 is 0 Å². The summed E-state index contributed by atoms with van der Waals surface area (Å²) < 4.78 is 0. The normalized spacial score (nSPS) is 19.1. The van der Waals surface area contributed by atoms with Crippen LogP contribution in [0.1, 0.15) is 80.1 Å². The lowest BCUT2D eigenvalue weighted by molar-refractivity contribution is 0.286. The van der Waals surface area contributed by atoms with Gasteiger partial charge < -0.3 is 0 Å². The second kappa shape index (κ2) is 9.07. The van der Waals surface area contributed by atoms with Crippen molar-refractivity contribution in [3.05, 3.63) is 0 Å². The molecule has 4 atom stereocenters. The zero-order valence-electron chi connectivity index (χ0n) is 12.6. The van der Waals surface area contributed by atoms with Crippen LogP contribution in [0, 0.1) is 23.7 Å². The van der Waals surface area contributed by atoms with Gasteiger partial charge in [-0.15, -0.1) is 0 Å². The zero-order chi connectivity index (χ0) is 12.6. The summed E-state index contributed by atoms with van der Waals surface area (Å²) in [6.45, 7) is 14.3. The summed E-state index contributed by atoms with van der Waals surface area (Å²) in [6.07, 6.45) is 8.38. The van der Waals surface area contributed by atoms with Gasteiger partial charge in [-0.1, -0.05) is 73.6 Å². The summed E-state index contributed by atoms with van der Waals surface area (Å²) >= 11 is 0. The van der Waals surface area contributed by atoms with E-state index in [1.165, 1.54) is 38.5 Å². The van der Waals surface area contributed by atoms with E-state index in [1.54, 1.807) is 0 Å². The second-order valence-corrected chi connectivity index (χ2v) is 6.17. The van der Waals surface area contributed by atoms with Crippen molar-refractivity contribution < 1.29 is 0 Å². The van der Waals surface area contributed by atoms with Gasteiger partial charge in [0, 0.05) is 0 Å². The van der Waals surface area contributed by atoms with E-state index in [2.05, 4.69) is 41.5 Å². The van der Waals surface area contributed by atoms with Crippen molar-refractivity contribution in [2.24, 2.45) is 23.7 Å². The molecule has 0 heterocycles. The Morgan fingerprint density at radius 2 is 1.25 bits per heavy atom. The Labute approximate surface area is 104 Å². The minimum Gasteiger partial charge on any atom is -0.0654 e. The summed E-state index contributed by atoms with van der Waals surface area (Å²) in [5, 5.41) is 0. The third kappa shape index (κ3) is 7.30. The van der Waals surface area contributed by atoms with E-state index in [4.69, 9.17) is 0 Å². The van der Waals surface area contributed by atoms with Crippen LogP contribution in [0.25, 0.3) is 0 Å². The van der Waals surface area contributed by atoms with E-state index in [-0.39, 0.29) is 0 Å². The third-order valence-corrected chi connectivity index (χ3v) is 4.32. The maximum atomic E-state index is 2.44. The quantitative estimate of drug-likeness (QED) is 0.458. The summed E-state index contributed by atoms with van der Waals surface area (Å²) in [7, 11) is 0. The summed E-state index contributed by atoms with van der Waals surface area (Å²) in [5.74, 6) is 3.66. The van der Waals surface area contributed by atoms with Gasteiger partial charge in [-0.3, -0.25) is 0 Å². The molecule has 0 saturated heterocycles. The fourth-order valence-corrected chi connectivity index (χ4v) is 2.59. The van der Waals surface area contributed by atoms with Crippen LogP contribution in [0.2, 0.25) is 0 Å². The minimum absolute atomic E-state index is 0.899. The molecule has 0 aliphatic carbocycles. The van der Waals surface area contributed by atoms with Crippen LogP contribution in [-0.4, -0.2) is 0 Å². The molecule has 0 aliphatic heterocycles. The van der Waals surface area contributed by atoms with Crippen LogP contribution in [0.5, 0.6) is 0 Å². The minimum atomic E-state index is 0.899. The first-order valence-electron chi connectivity index (χ1n) is 7.51. The predicted molar refractivity (Wildman–Crippen MR) is 75.7 cm³/mol. The maximum Gasteiger partial charge on any atom is -0.0415 e. The molecule has 0 aromatic carbocycles. The Kier molecular flexibility index (Phi) is 9.07. The van der Waals surface area contributed by atoms with Crippen LogP contribution < -0.4 is 0 Å². The molecule has 98 valence electrons. The second-order valence-electron chi connectivity index (χ2n) is 6.17. The zero-order valence-corrected chi connectivity index (χ0v) is 12.6. The molecule has 0 bridgehead atoms. The standard InChI is InChI=1S/C16H34/c1-7-9-13(3)10-11-14(4)12-16(6)15(5)8-2/h13-16H,7-12H2,1-6H3. The number of rotatable bonds is 9. The monoisotopic (exact) mass is 226 g/mol. The Bertz CT molecular complexity index is 150. The van der Waals surface area contributed by atoms with E-state index >= 15 is 0 Å². The molecule has 0 spiro atoms. The van der Waals surface area contributed by atoms with Gasteiger partial charge in [0.1, 0.15) is 0 Å². The SMILES string of the molecule is CCCC(C)CCC(C)CC(C)C(C)CC. The molecule has 0 saturated carbocycles. The molecule has 0 aliphatic rings. The van der Waals surface area contributed by atoms with Crippen molar-refractivity contribution in [3.8, 4) is 0 Å². The van der Waals surface area contributed by atoms with Gasteiger partial charge in [0.05, 0.1) is 0 Å². The number of hydrogen-bond acceptors (Lipinski definition) is 0. The van der Waals surface area contributed by atoms with Crippen molar-refractivity contribution in [2.45, 2.75) is 80.1 Å². The molecule has 0 heteroatoms. The van der Waals surface area contributed by atoms with Gasteiger partial charge in [-0.2, -0.15) is 0 Å². The van der Waals surface area contributed by atoms with Gasteiger partial charge in [0.2, 0.25) is 0 Å². The van der Waals surface area contributed by atoms with Gasteiger partial charge in [0.25, 0.3) is 0 Å². The number of hydrogen-bond donors (Lipinski definition) is 0. The molecule has 0 fully saturated rings. The lowest BCUT2D eigenvalue weighted by atomic mass is 9.83. The van der Waals surface area contributed by atoms with Gasteiger partial charge in [-0.25, -0.2) is 0 Å². The lowest BCUT2D eigenvalue weighted by Crippen LogP contribution is -2.12. The van der Waals surface area contributed by atoms with Crippen molar-refractivity contribution in [1.82, 2.24) is 0 Å². The van der Waals surface area contributed by atoms with Crippen molar-refractivity contribution >= 4 is 0 Å². The molecule has 16 heavy (non-hydrogen) atoms. The van der Waals surface area contributed by atoms with Crippen LogP contribution in [0.4, 0.5) is 0 Å². The average molecular weight is 226 g/mol. The first-order chi connectivity index (χ1) is 7.51. The summed E-state index contributed by atoms with van der Waals surface area (Å²) in [4.78, 5) is 0. The first kappa shape index (κ1) is 16.0. The lowest BCUT2D eigenvalue weighted by Gasteiger charge is -2.23. The average Bonchev–Trinajstić information content (AvgIpc) is 2.25. The predicted octanol–water partition coefficient (Wildman–Crippen LogP) is 5.91. The van der Waals surface area contributed by atoms with Crippen LogP contribution in [0.3, 0.4) is 0 Å². The van der Waals surface area contributed by atoms with Gasteiger partial charge in [-0.05, 0) is 30.1 Å². The van der Waals surface area contributed by atoms with Crippen molar-refractivity contribution in [2.75, 3.05) is 0 Å². The fraction of sp³-hybridized carbons (Fsp3) is 1.00. The highest BCUT2D eigenvalue weighted by Crippen LogP contribution is 2.26. The van der Waals surface area contributed by atoms with Gasteiger partial charge in [0.15, 0.2) is 0 Å².